The highest BCUT2D eigenvalue weighted by Gasteiger charge is 2.16. The fourth-order valence-electron chi connectivity index (χ4n) is 4.64. The molecule has 0 spiro atoms. The van der Waals surface area contributed by atoms with E-state index in [-0.39, 0.29) is 0 Å². The maximum absolute atomic E-state index is 4.79. The standard InChI is InChI=1S/C30H40N2S4/c1-3-5-7-9-11-13-15-23-17-19-33-27(23)25-21-31-29(35-25)30-32-22-26(36-30)28-24(18-20-34-28)16-14-12-10-8-6-4-2/h17-22H,3-16H2,1-2H3. The molecule has 0 atom stereocenters. The van der Waals surface area contributed by atoms with Crippen LogP contribution in [0.4, 0.5) is 0 Å². The smallest absolute Gasteiger partial charge is 0.152 e. The highest BCUT2D eigenvalue weighted by atomic mass is 32.1. The van der Waals surface area contributed by atoms with Gasteiger partial charge in [-0.2, -0.15) is 0 Å². The Bertz CT molecular complexity index is 1060. The third-order valence-electron chi connectivity index (χ3n) is 6.73. The average molecular weight is 557 g/mol. The van der Waals surface area contributed by atoms with Crippen molar-refractivity contribution in [3.8, 4) is 29.5 Å². The first-order chi connectivity index (χ1) is 17.8. The first-order valence-corrected chi connectivity index (χ1v) is 17.2. The number of thiophene rings is 2. The molecule has 4 aromatic rings. The molecule has 0 amide bonds. The van der Waals surface area contributed by atoms with Gasteiger partial charge >= 0.3 is 0 Å². The van der Waals surface area contributed by atoms with Crippen LogP contribution in [0.1, 0.15) is 102 Å². The van der Waals surface area contributed by atoms with Crippen LogP contribution in [-0.2, 0) is 12.8 Å². The van der Waals surface area contributed by atoms with Crippen molar-refractivity contribution in [1.29, 1.82) is 0 Å². The van der Waals surface area contributed by atoms with Crippen molar-refractivity contribution in [2.24, 2.45) is 0 Å². The average Bonchev–Trinajstić information content (AvgIpc) is 3.69. The largest absolute Gasteiger partial charge is 0.241 e. The SMILES string of the molecule is CCCCCCCCc1ccsc1-c1cnc(-c2ncc(-c3sccc3CCCCCCCC)s2)s1. The Morgan fingerprint density at radius 3 is 1.42 bits per heavy atom. The quantitative estimate of drug-likeness (QED) is 0.121. The number of hydrogen-bond acceptors (Lipinski definition) is 6. The number of aryl methyl sites for hydroxylation is 2. The minimum atomic E-state index is 1.05. The topological polar surface area (TPSA) is 25.8 Å². The monoisotopic (exact) mass is 556 g/mol. The van der Waals surface area contributed by atoms with Crippen LogP contribution in [0.5, 0.6) is 0 Å². The van der Waals surface area contributed by atoms with Crippen LogP contribution in [0.15, 0.2) is 35.3 Å². The molecule has 0 aliphatic heterocycles. The van der Waals surface area contributed by atoms with Gasteiger partial charge in [-0.1, -0.05) is 78.1 Å². The molecular formula is C30H40N2S4. The molecule has 0 saturated carbocycles. The molecule has 4 rings (SSSR count). The van der Waals surface area contributed by atoms with Crippen molar-refractivity contribution >= 4 is 45.3 Å². The van der Waals surface area contributed by atoms with E-state index in [1.165, 1.54) is 121 Å². The third-order valence-corrected chi connectivity index (χ3v) is 11.1. The van der Waals surface area contributed by atoms with E-state index in [1.54, 1.807) is 22.7 Å². The fourth-order valence-corrected chi connectivity index (χ4v) is 8.72. The molecule has 0 radical (unpaired) electrons. The number of hydrogen-bond donors (Lipinski definition) is 0. The van der Waals surface area contributed by atoms with Gasteiger partial charge in [0.05, 0.1) is 9.75 Å². The van der Waals surface area contributed by atoms with Crippen LogP contribution in [0.3, 0.4) is 0 Å². The molecular weight excluding hydrogens is 517 g/mol. The Balaban J connectivity index is 1.35. The summed E-state index contributed by atoms with van der Waals surface area (Å²) in [6.45, 7) is 4.56. The summed E-state index contributed by atoms with van der Waals surface area (Å²) in [4.78, 5) is 15.0. The third kappa shape index (κ3) is 7.83. The Morgan fingerprint density at radius 1 is 0.556 bits per heavy atom. The lowest BCUT2D eigenvalue weighted by Gasteiger charge is -2.02. The van der Waals surface area contributed by atoms with Crippen molar-refractivity contribution in [3.63, 3.8) is 0 Å². The Kier molecular flexibility index (Phi) is 11.7. The molecule has 4 heterocycles. The number of thiazole rings is 2. The van der Waals surface area contributed by atoms with Crippen molar-refractivity contribution in [2.45, 2.75) is 104 Å². The van der Waals surface area contributed by atoms with Crippen molar-refractivity contribution in [3.05, 3.63) is 46.4 Å². The molecule has 0 aliphatic rings. The molecule has 0 aromatic carbocycles. The normalized spacial score (nSPS) is 11.5. The van der Waals surface area contributed by atoms with Gasteiger partial charge in [0.2, 0.25) is 0 Å². The van der Waals surface area contributed by atoms with Gasteiger partial charge in [-0.3, -0.25) is 0 Å². The van der Waals surface area contributed by atoms with Gasteiger partial charge in [-0.25, -0.2) is 9.97 Å². The van der Waals surface area contributed by atoms with Crippen LogP contribution in [0, 0.1) is 0 Å². The first kappa shape index (κ1) is 27.7. The number of aromatic nitrogens is 2. The summed E-state index contributed by atoms with van der Waals surface area (Å²) in [5.74, 6) is 0. The maximum atomic E-state index is 4.79. The summed E-state index contributed by atoms with van der Waals surface area (Å²) in [5.41, 5.74) is 2.98. The number of rotatable bonds is 17. The summed E-state index contributed by atoms with van der Waals surface area (Å²) in [6, 6.07) is 4.63. The van der Waals surface area contributed by atoms with Crippen LogP contribution in [0.2, 0.25) is 0 Å². The minimum absolute atomic E-state index is 1.05. The van der Waals surface area contributed by atoms with Crippen molar-refractivity contribution in [1.82, 2.24) is 9.97 Å². The molecule has 36 heavy (non-hydrogen) atoms. The van der Waals surface area contributed by atoms with E-state index in [0.29, 0.717) is 0 Å². The molecule has 6 heteroatoms. The summed E-state index contributed by atoms with van der Waals surface area (Å²) in [5, 5.41) is 6.58. The summed E-state index contributed by atoms with van der Waals surface area (Å²) < 4.78 is 0. The second-order valence-electron chi connectivity index (χ2n) is 9.64. The lowest BCUT2D eigenvalue weighted by molar-refractivity contribution is 0.608. The van der Waals surface area contributed by atoms with Gasteiger partial charge in [0, 0.05) is 22.1 Å². The van der Waals surface area contributed by atoms with E-state index in [9.17, 15) is 0 Å². The Morgan fingerprint density at radius 2 is 0.972 bits per heavy atom. The highest BCUT2D eigenvalue weighted by Crippen LogP contribution is 2.41. The molecule has 0 bridgehead atoms. The van der Waals surface area contributed by atoms with Gasteiger partial charge < -0.3 is 0 Å². The zero-order chi connectivity index (χ0) is 25.0. The molecule has 0 unspecified atom stereocenters. The maximum Gasteiger partial charge on any atom is 0.152 e. The second-order valence-corrected chi connectivity index (χ2v) is 13.5. The van der Waals surface area contributed by atoms with E-state index in [1.807, 2.05) is 22.7 Å². The zero-order valence-corrected chi connectivity index (χ0v) is 25.2. The van der Waals surface area contributed by atoms with Gasteiger partial charge in [0.15, 0.2) is 10.0 Å². The zero-order valence-electron chi connectivity index (χ0n) is 21.9. The molecule has 0 N–H and O–H groups in total. The van der Waals surface area contributed by atoms with Crippen LogP contribution < -0.4 is 0 Å². The lowest BCUT2D eigenvalue weighted by atomic mass is 10.1. The van der Waals surface area contributed by atoms with Gasteiger partial charge in [-0.05, 0) is 59.7 Å². The highest BCUT2D eigenvalue weighted by molar-refractivity contribution is 7.27. The van der Waals surface area contributed by atoms with Crippen LogP contribution in [0.25, 0.3) is 29.5 Å². The Labute approximate surface area is 233 Å². The fraction of sp³-hybridized carbons (Fsp3) is 0.533. The summed E-state index contributed by atoms with van der Waals surface area (Å²) in [6.07, 6.45) is 22.6. The van der Waals surface area contributed by atoms with Gasteiger partial charge in [-0.15, -0.1) is 45.3 Å². The van der Waals surface area contributed by atoms with E-state index < -0.39 is 0 Å². The number of nitrogens with zero attached hydrogens (tertiary/aromatic N) is 2. The van der Waals surface area contributed by atoms with E-state index in [4.69, 9.17) is 9.97 Å². The number of unbranched alkanes of at least 4 members (excludes halogenated alkanes) is 10. The minimum Gasteiger partial charge on any atom is -0.241 e. The molecule has 194 valence electrons. The van der Waals surface area contributed by atoms with Gasteiger partial charge in [0.25, 0.3) is 0 Å². The first-order valence-electron chi connectivity index (χ1n) is 13.9. The summed E-state index contributed by atoms with van der Waals surface area (Å²) in [7, 11) is 0. The van der Waals surface area contributed by atoms with Gasteiger partial charge in [0.1, 0.15) is 0 Å². The molecule has 4 aromatic heterocycles. The molecule has 0 fully saturated rings. The second kappa shape index (κ2) is 15.2. The van der Waals surface area contributed by atoms with Crippen LogP contribution >= 0.6 is 45.3 Å². The van der Waals surface area contributed by atoms with Crippen molar-refractivity contribution < 1.29 is 0 Å². The van der Waals surface area contributed by atoms with E-state index in [0.717, 1.165) is 10.0 Å². The predicted molar refractivity (Wildman–Crippen MR) is 164 cm³/mol. The lowest BCUT2D eigenvalue weighted by Crippen LogP contribution is -1.86. The predicted octanol–water partition coefficient (Wildman–Crippen LogP) is 11.5. The summed E-state index contributed by atoms with van der Waals surface area (Å²) >= 11 is 7.31. The Hall–Kier alpha value is -1.34. The molecule has 2 nitrogen and oxygen atoms in total. The molecule has 0 saturated heterocycles. The van der Waals surface area contributed by atoms with Crippen LogP contribution in [-0.4, -0.2) is 9.97 Å². The van der Waals surface area contributed by atoms with E-state index >= 15 is 0 Å². The van der Waals surface area contributed by atoms with Crippen molar-refractivity contribution in [2.75, 3.05) is 0 Å². The van der Waals surface area contributed by atoms with E-state index in [2.05, 4.69) is 49.1 Å². The molecule has 0 aliphatic carbocycles.